The van der Waals surface area contributed by atoms with E-state index in [-0.39, 0.29) is 16.7 Å². The summed E-state index contributed by atoms with van der Waals surface area (Å²) in [7, 11) is 0. The second kappa shape index (κ2) is 6.11. The van der Waals surface area contributed by atoms with Crippen LogP contribution in [0.3, 0.4) is 0 Å². The lowest BCUT2D eigenvalue weighted by atomic mass is 10.2. The fraction of sp³-hybridized carbons (Fsp3) is 0.188. The molecule has 0 aliphatic heterocycles. The van der Waals surface area contributed by atoms with Crippen LogP contribution in [0, 0.1) is 0 Å². The summed E-state index contributed by atoms with van der Waals surface area (Å²) in [6.45, 7) is 0. The van der Waals surface area contributed by atoms with E-state index in [0.29, 0.717) is 10.8 Å². The van der Waals surface area contributed by atoms with Crippen molar-refractivity contribution >= 4 is 34.4 Å². The Hall–Kier alpha value is -2.47. The van der Waals surface area contributed by atoms with Crippen molar-refractivity contribution in [1.29, 1.82) is 0 Å². The first-order valence-electron chi connectivity index (χ1n) is 6.91. The van der Waals surface area contributed by atoms with Crippen molar-refractivity contribution in [3.05, 3.63) is 52.5 Å². The molecule has 112 valence electrons. The molecule has 1 amide bonds. The lowest BCUT2D eigenvalue weighted by Gasteiger charge is -1.96. The minimum absolute atomic E-state index is 0.227. The van der Waals surface area contributed by atoms with Gasteiger partial charge in [-0.05, 0) is 24.5 Å². The molecule has 0 atom stereocenters. The topological polar surface area (TPSA) is 79.3 Å². The highest BCUT2D eigenvalue weighted by atomic mass is 32.1. The zero-order valence-electron chi connectivity index (χ0n) is 11.7. The number of aromatic carboxylic acids is 1. The van der Waals surface area contributed by atoms with Crippen molar-refractivity contribution in [2.24, 2.45) is 0 Å². The van der Waals surface area contributed by atoms with Gasteiger partial charge in [-0.25, -0.2) is 9.78 Å². The van der Waals surface area contributed by atoms with Gasteiger partial charge < -0.3 is 5.11 Å². The summed E-state index contributed by atoms with van der Waals surface area (Å²) >= 11 is 1.01. The Bertz CT molecular complexity index is 733. The van der Waals surface area contributed by atoms with Gasteiger partial charge in [-0.1, -0.05) is 41.7 Å². The minimum Gasteiger partial charge on any atom is -0.477 e. The third-order valence-electron chi connectivity index (χ3n) is 3.27. The fourth-order valence-corrected chi connectivity index (χ4v) is 2.95. The number of nitrogens with one attached hydrogen (secondary N) is 1. The van der Waals surface area contributed by atoms with Gasteiger partial charge in [0, 0.05) is 12.0 Å². The quantitative estimate of drug-likeness (QED) is 0.829. The Morgan fingerprint density at radius 3 is 2.64 bits per heavy atom. The maximum absolute atomic E-state index is 11.9. The van der Waals surface area contributed by atoms with Gasteiger partial charge in [0.25, 0.3) is 0 Å². The van der Waals surface area contributed by atoms with Crippen LogP contribution >= 0.6 is 11.3 Å². The standard InChI is InChI=1S/C16H14N2O3S/c19-12(9-6-10-4-2-1-3-5-10)17-16-18-13(11-7-8-11)14(22-16)15(20)21/h1-6,9,11H,7-8H2,(H,20,21)(H,17,18,19)/b9-6+. The van der Waals surface area contributed by atoms with Gasteiger partial charge in [-0.15, -0.1) is 0 Å². The molecule has 0 bridgehead atoms. The highest BCUT2D eigenvalue weighted by Gasteiger charge is 2.32. The van der Waals surface area contributed by atoms with E-state index in [9.17, 15) is 14.7 Å². The number of carboxylic acid groups (broad SMARTS) is 1. The monoisotopic (exact) mass is 314 g/mol. The van der Waals surface area contributed by atoms with Crippen LogP contribution in [0.1, 0.15) is 39.7 Å². The van der Waals surface area contributed by atoms with Gasteiger partial charge in [-0.3, -0.25) is 10.1 Å². The van der Waals surface area contributed by atoms with Crippen LogP contribution in [-0.2, 0) is 4.79 Å². The molecule has 5 nitrogen and oxygen atoms in total. The molecule has 1 aromatic heterocycles. The number of carboxylic acids is 1. The number of rotatable bonds is 5. The third kappa shape index (κ3) is 3.40. The predicted molar refractivity (Wildman–Crippen MR) is 85.2 cm³/mol. The Labute approximate surface area is 131 Å². The highest BCUT2D eigenvalue weighted by molar-refractivity contribution is 7.17. The zero-order chi connectivity index (χ0) is 15.5. The van der Waals surface area contributed by atoms with Crippen LogP contribution in [0.5, 0.6) is 0 Å². The Balaban J connectivity index is 1.70. The average molecular weight is 314 g/mol. The van der Waals surface area contributed by atoms with Crippen LogP contribution in [0.15, 0.2) is 36.4 Å². The summed E-state index contributed by atoms with van der Waals surface area (Å²) in [4.78, 5) is 27.6. The molecule has 1 aromatic carbocycles. The van der Waals surface area contributed by atoms with Crippen LogP contribution in [-0.4, -0.2) is 22.0 Å². The molecule has 0 radical (unpaired) electrons. The van der Waals surface area contributed by atoms with Crippen molar-refractivity contribution in [1.82, 2.24) is 4.98 Å². The van der Waals surface area contributed by atoms with Crippen LogP contribution in [0.2, 0.25) is 0 Å². The second-order valence-electron chi connectivity index (χ2n) is 5.05. The number of hydrogen-bond donors (Lipinski definition) is 2. The van der Waals surface area contributed by atoms with Crippen molar-refractivity contribution in [3.63, 3.8) is 0 Å². The van der Waals surface area contributed by atoms with E-state index in [1.54, 1.807) is 6.08 Å². The summed E-state index contributed by atoms with van der Waals surface area (Å²) in [5.74, 6) is -1.08. The predicted octanol–water partition coefficient (Wildman–Crippen LogP) is 3.37. The van der Waals surface area contributed by atoms with Crippen LogP contribution in [0.25, 0.3) is 6.08 Å². The van der Waals surface area contributed by atoms with E-state index in [2.05, 4.69) is 10.3 Å². The zero-order valence-corrected chi connectivity index (χ0v) is 12.5. The van der Waals surface area contributed by atoms with Gasteiger partial charge in [0.15, 0.2) is 5.13 Å². The van der Waals surface area contributed by atoms with Crippen molar-refractivity contribution in [2.45, 2.75) is 18.8 Å². The average Bonchev–Trinajstić information content (AvgIpc) is 3.27. The number of benzene rings is 1. The van der Waals surface area contributed by atoms with Gasteiger partial charge in [0.1, 0.15) is 4.88 Å². The molecule has 0 saturated heterocycles. The summed E-state index contributed by atoms with van der Waals surface area (Å²) < 4.78 is 0. The molecule has 1 heterocycles. The Morgan fingerprint density at radius 2 is 2.00 bits per heavy atom. The summed E-state index contributed by atoms with van der Waals surface area (Å²) in [6.07, 6.45) is 5.04. The number of amides is 1. The summed E-state index contributed by atoms with van der Waals surface area (Å²) in [5.41, 5.74) is 1.52. The first-order chi connectivity index (χ1) is 10.6. The molecular formula is C16H14N2O3S. The van der Waals surface area contributed by atoms with E-state index < -0.39 is 5.97 Å². The molecule has 3 rings (SSSR count). The largest absolute Gasteiger partial charge is 0.477 e. The Morgan fingerprint density at radius 1 is 1.27 bits per heavy atom. The number of carbonyl (C=O) groups is 2. The summed E-state index contributed by atoms with van der Waals surface area (Å²) in [5, 5.41) is 12.1. The molecule has 1 saturated carbocycles. The number of thiazole rings is 1. The first kappa shape index (κ1) is 14.5. The molecule has 6 heteroatoms. The van der Waals surface area contributed by atoms with Gasteiger partial charge in [0.2, 0.25) is 5.91 Å². The molecule has 1 aliphatic rings. The molecular weight excluding hydrogens is 300 g/mol. The Kier molecular flexibility index (Phi) is 4.02. The molecule has 1 fully saturated rings. The van der Waals surface area contributed by atoms with E-state index in [0.717, 1.165) is 29.7 Å². The second-order valence-corrected chi connectivity index (χ2v) is 6.05. The molecule has 0 unspecified atom stereocenters. The number of nitrogens with zero attached hydrogens (tertiary/aromatic N) is 1. The van der Waals surface area contributed by atoms with E-state index in [1.807, 2.05) is 30.3 Å². The SMILES string of the molecule is O=C(/C=C/c1ccccc1)Nc1nc(C2CC2)c(C(=O)O)s1. The minimum atomic E-state index is -0.986. The number of anilines is 1. The first-order valence-corrected chi connectivity index (χ1v) is 7.73. The van der Waals surface area contributed by atoms with Crippen LogP contribution in [0.4, 0.5) is 5.13 Å². The number of aromatic nitrogens is 1. The lowest BCUT2D eigenvalue weighted by Crippen LogP contribution is -2.07. The van der Waals surface area contributed by atoms with Crippen molar-refractivity contribution < 1.29 is 14.7 Å². The number of carbonyl (C=O) groups excluding carboxylic acids is 1. The lowest BCUT2D eigenvalue weighted by molar-refractivity contribution is -0.111. The van der Waals surface area contributed by atoms with Crippen molar-refractivity contribution in [2.75, 3.05) is 5.32 Å². The molecule has 22 heavy (non-hydrogen) atoms. The molecule has 2 N–H and O–H groups in total. The normalized spacial score (nSPS) is 14.2. The van der Waals surface area contributed by atoms with E-state index in [4.69, 9.17) is 0 Å². The van der Waals surface area contributed by atoms with E-state index in [1.165, 1.54) is 6.08 Å². The van der Waals surface area contributed by atoms with Gasteiger partial charge in [-0.2, -0.15) is 0 Å². The molecule has 0 spiro atoms. The van der Waals surface area contributed by atoms with E-state index >= 15 is 0 Å². The smallest absolute Gasteiger partial charge is 0.347 e. The van der Waals surface area contributed by atoms with Gasteiger partial charge >= 0.3 is 5.97 Å². The van der Waals surface area contributed by atoms with Crippen LogP contribution < -0.4 is 5.32 Å². The summed E-state index contributed by atoms with van der Waals surface area (Å²) in [6, 6.07) is 9.46. The molecule has 1 aliphatic carbocycles. The maximum Gasteiger partial charge on any atom is 0.347 e. The molecule has 2 aromatic rings. The maximum atomic E-state index is 11.9. The van der Waals surface area contributed by atoms with Gasteiger partial charge in [0.05, 0.1) is 5.69 Å². The number of hydrogen-bond acceptors (Lipinski definition) is 4. The third-order valence-corrected chi connectivity index (χ3v) is 4.24. The highest BCUT2D eigenvalue weighted by Crippen LogP contribution is 2.43. The van der Waals surface area contributed by atoms with Crippen molar-refractivity contribution in [3.8, 4) is 0 Å². The fourth-order valence-electron chi connectivity index (χ4n) is 2.06.